The predicted molar refractivity (Wildman–Crippen MR) is 84.9 cm³/mol. The third-order valence-electron chi connectivity index (χ3n) is 3.25. The number of aromatic nitrogens is 3. The fourth-order valence-corrected chi connectivity index (χ4v) is 1.82. The molecule has 7 nitrogen and oxygen atoms in total. The van der Waals surface area contributed by atoms with Gasteiger partial charge in [0.25, 0.3) is 0 Å². The maximum atomic E-state index is 12.2. The van der Waals surface area contributed by atoms with E-state index in [1.54, 1.807) is 27.9 Å². The third-order valence-corrected chi connectivity index (χ3v) is 3.25. The number of nitrogens with zero attached hydrogens (tertiary/aromatic N) is 4. The van der Waals surface area contributed by atoms with Crippen LogP contribution in [0.2, 0.25) is 0 Å². The second-order valence-corrected chi connectivity index (χ2v) is 6.11. The van der Waals surface area contributed by atoms with Crippen molar-refractivity contribution in [3.05, 3.63) is 35.5 Å². The third kappa shape index (κ3) is 3.86. The Morgan fingerprint density at radius 2 is 2.00 bits per heavy atom. The molecular formula is C16H19N5O2. The molecular weight excluding hydrogens is 294 g/mol. The number of hydrogen-bond acceptors (Lipinski definition) is 5. The highest BCUT2D eigenvalue weighted by molar-refractivity contribution is 5.94. The molecule has 0 saturated carbocycles. The van der Waals surface area contributed by atoms with E-state index in [0.29, 0.717) is 12.4 Å². The number of methoxy groups -OCH3 is 1. The lowest BCUT2D eigenvalue weighted by Gasteiger charge is -2.18. The zero-order chi connectivity index (χ0) is 17.0. The maximum Gasteiger partial charge on any atom is 0.230 e. The summed E-state index contributed by atoms with van der Waals surface area (Å²) in [5, 5.41) is 19.7. The number of anilines is 1. The van der Waals surface area contributed by atoms with Gasteiger partial charge in [-0.2, -0.15) is 5.26 Å². The number of hydrogen-bond donors (Lipinski definition) is 1. The van der Waals surface area contributed by atoms with Gasteiger partial charge in [0.2, 0.25) is 11.6 Å². The summed E-state index contributed by atoms with van der Waals surface area (Å²) in [4.78, 5) is 12.2. The van der Waals surface area contributed by atoms with Gasteiger partial charge in [-0.25, -0.2) is 4.68 Å². The summed E-state index contributed by atoms with van der Waals surface area (Å²) in [6.45, 7) is 5.78. The fourth-order valence-electron chi connectivity index (χ4n) is 1.82. The van der Waals surface area contributed by atoms with Crippen molar-refractivity contribution in [3.63, 3.8) is 0 Å². The summed E-state index contributed by atoms with van der Waals surface area (Å²) in [5.74, 6) is 0.863. The van der Waals surface area contributed by atoms with E-state index in [2.05, 4.69) is 15.6 Å². The summed E-state index contributed by atoms with van der Waals surface area (Å²) >= 11 is 0. The molecule has 2 aromatic rings. The quantitative estimate of drug-likeness (QED) is 0.934. The predicted octanol–water partition coefficient (Wildman–Crippen LogP) is 2.19. The Balaban J connectivity index is 2.27. The number of amides is 1. The van der Waals surface area contributed by atoms with Crippen LogP contribution >= 0.6 is 0 Å². The van der Waals surface area contributed by atoms with Crippen LogP contribution in [0.15, 0.2) is 24.3 Å². The van der Waals surface area contributed by atoms with Crippen LogP contribution in [0, 0.1) is 16.7 Å². The van der Waals surface area contributed by atoms with Crippen molar-refractivity contribution in [1.29, 1.82) is 5.26 Å². The van der Waals surface area contributed by atoms with Gasteiger partial charge in [-0.05, 0) is 17.7 Å². The Bertz CT molecular complexity index is 735. The highest BCUT2D eigenvalue weighted by Crippen LogP contribution is 2.20. The van der Waals surface area contributed by atoms with E-state index in [9.17, 15) is 4.79 Å². The molecule has 0 aliphatic carbocycles. The number of ether oxygens (including phenoxy) is 1. The zero-order valence-electron chi connectivity index (χ0n) is 13.6. The van der Waals surface area contributed by atoms with Crippen molar-refractivity contribution in [2.45, 2.75) is 27.3 Å². The lowest BCUT2D eigenvalue weighted by molar-refractivity contribution is -0.123. The molecule has 2 rings (SSSR count). The first kappa shape index (κ1) is 16.5. The summed E-state index contributed by atoms with van der Waals surface area (Å²) in [6, 6.07) is 9.41. The van der Waals surface area contributed by atoms with Crippen LogP contribution < -0.4 is 10.1 Å². The van der Waals surface area contributed by atoms with Crippen LogP contribution in [0.25, 0.3) is 0 Å². The number of nitrogens with one attached hydrogen (secondary N) is 1. The van der Waals surface area contributed by atoms with Gasteiger partial charge in [-0.15, -0.1) is 5.10 Å². The average molecular weight is 313 g/mol. The molecule has 1 N–H and O–H groups in total. The molecule has 0 spiro atoms. The van der Waals surface area contributed by atoms with Crippen molar-refractivity contribution in [1.82, 2.24) is 15.0 Å². The molecule has 0 saturated heterocycles. The first-order chi connectivity index (χ1) is 10.8. The molecule has 1 aromatic heterocycles. The average Bonchev–Trinajstić information content (AvgIpc) is 2.89. The maximum absolute atomic E-state index is 12.2. The van der Waals surface area contributed by atoms with Crippen LogP contribution in [0.3, 0.4) is 0 Å². The summed E-state index contributed by atoms with van der Waals surface area (Å²) in [6.07, 6.45) is 0. The smallest absolute Gasteiger partial charge is 0.230 e. The second kappa shape index (κ2) is 6.48. The monoisotopic (exact) mass is 313 g/mol. The molecule has 0 atom stereocenters. The molecule has 0 bridgehead atoms. The lowest BCUT2D eigenvalue weighted by atomic mass is 9.96. The van der Waals surface area contributed by atoms with Crippen LogP contribution in [-0.2, 0) is 11.3 Å². The van der Waals surface area contributed by atoms with Crippen LogP contribution in [0.5, 0.6) is 5.75 Å². The minimum absolute atomic E-state index is 0.0936. The summed E-state index contributed by atoms with van der Waals surface area (Å²) in [7, 11) is 1.60. The van der Waals surface area contributed by atoms with Gasteiger partial charge in [0.1, 0.15) is 11.8 Å². The van der Waals surface area contributed by atoms with E-state index in [-0.39, 0.29) is 11.6 Å². The van der Waals surface area contributed by atoms with Crippen LogP contribution in [0.4, 0.5) is 5.82 Å². The molecule has 1 amide bonds. The van der Waals surface area contributed by atoms with Gasteiger partial charge >= 0.3 is 0 Å². The van der Waals surface area contributed by atoms with Crippen molar-refractivity contribution in [2.75, 3.05) is 12.4 Å². The summed E-state index contributed by atoms with van der Waals surface area (Å²) in [5.41, 5.74) is 0.463. The Morgan fingerprint density at radius 1 is 1.35 bits per heavy atom. The number of carbonyl (C=O) groups is 1. The molecule has 7 heteroatoms. The molecule has 0 unspecified atom stereocenters. The largest absolute Gasteiger partial charge is 0.497 e. The molecule has 1 heterocycles. The Morgan fingerprint density at radius 3 is 2.52 bits per heavy atom. The molecule has 0 radical (unpaired) electrons. The minimum atomic E-state index is -0.581. The van der Waals surface area contributed by atoms with Crippen LogP contribution in [0.1, 0.15) is 32.0 Å². The highest BCUT2D eigenvalue weighted by Gasteiger charge is 2.24. The van der Waals surface area contributed by atoms with Gasteiger partial charge in [0.05, 0.1) is 13.7 Å². The standard InChI is InChI=1S/C16H19N5O2/c1-16(2,3)15(22)18-14-13(9-17)19-20-21(14)10-11-5-7-12(23-4)8-6-11/h5-8H,10H2,1-4H3,(H,18,22). The molecule has 23 heavy (non-hydrogen) atoms. The van der Waals surface area contributed by atoms with E-state index in [1.807, 2.05) is 30.3 Å². The first-order valence-electron chi connectivity index (χ1n) is 7.13. The number of benzene rings is 1. The normalized spacial score (nSPS) is 10.9. The zero-order valence-corrected chi connectivity index (χ0v) is 13.6. The van der Waals surface area contributed by atoms with E-state index in [0.717, 1.165) is 11.3 Å². The number of carbonyl (C=O) groups excluding carboxylic acids is 1. The van der Waals surface area contributed by atoms with Gasteiger partial charge in [0.15, 0.2) is 5.82 Å². The molecule has 0 aliphatic heterocycles. The topological polar surface area (TPSA) is 92.8 Å². The highest BCUT2D eigenvalue weighted by atomic mass is 16.5. The lowest BCUT2D eigenvalue weighted by Crippen LogP contribution is -2.29. The summed E-state index contributed by atoms with van der Waals surface area (Å²) < 4.78 is 6.62. The van der Waals surface area contributed by atoms with Gasteiger partial charge in [-0.3, -0.25) is 4.79 Å². The van der Waals surface area contributed by atoms with Crippen molar-refractivity contribution < 1.29 is 9.53 Å². The van der Waals surface area contributed by atoms with Gasteiger partial charge < -0.3 is 10.1 Å². The number of rotatable bonds is 4. The first-order valence-corrected chi connectivity index (χ1v) is 7.13. The van der Waals surface area contributed by atoms with Crippen molar-refractivity contribution in [2.24, 2.45) is 5.41 Å². The Kier molecular flexibility index (Phi) is 4.65. The fraction of sp³-hybridized carbons (Fsp3) is 0.375. The van der Waals surface area contributed by atoms with E-state index >= 15 is 0 Å². The van der Waals surface area contributed by atoms with Gasteiger partial charge in [-0.1, -0.05) is 38.1 Å². The SMILES string of the molecule is COc1ccc(Cn2nnc(C#N)c2NC(=O)C(C)(C)C)cc1. The molecule has 0 fully saturated rings. The van der Waals surface area contributed by atoms with E-state index in [4.69, 9.17) is 10.00 Å². The van der Waals surface area contributed by atoms with Crippen LogP contribution in [-0.4, -0.2) is 28.0 Å². The van der Waals surface area contributed by atoms with E-state index < -0.39 is 5.41 Å². The van der Waals surface area contributed by atoms with Crippen molar-refractivity contribution >= 4 is 11.7 Å². The van der Waals surface area contributed by atoms with E-state index in [1.165, 1.54) is 4.68 Å². The Hall–Kier alpha value is -2.88. The van der Waals surface area contributed by atoms with Gasteiger partial charge in [0, 0.05) is 5.41 Å². The Labute approximate surface area is 134 Å². The molecule has 120 valence electrons. The molecule has 0 aliphatic rings. The minimum Gasteiger partial charge on any atom is -0.497 e. The van der Waals surface area contributed by atoms with Crippen molar-refractivity contribution in [3.8, 4) is 11.8 Å². The molecule has 1 aromatic carbocycles. The second-order valence-electron chi connectivity index (χ2n) is 6.11. The number of nitriles is 1.